The Labute approximate surface area is 200 Å². The van der Waals surface area contributed by atoms with Crippen molar-refractivity contribution in [2.24, 2.45) is 0 Å². The Bertz CT molecular complexity index is 1120. The molecule has 0 aliphatic carbocycles. The maximum atomic E-state index is 14.7. The number of halogens is 3. The summed E-state index contributed by atoms with van der Waals surface area (Å²) >= 11 is 0. The Hall–Kier alpha value is -3.25. The lowest BCUT2D eigenvalue weighted by Crippen LogP contribution is -2.57. The lowest BCUT2D eigenvalue weighted by atomic mass is 10.0. The van der Waals surface area contributed by atoms with Gasteiger partial charge < -0.3 is 15.3 Å². The van der Waals surface area contributed by atoms with Crippen molar-refractivity contribution in [1.29, 1.82) is 0 Å². The van der Waals surface area contributed by atoms with E-state index in [1.54, 1.807) is 23.8 Å². The van der Waals surface area contributed by atoms with Crippen LogP contribution in [0.15, 0.2) is 18.2 Å². The summed E-state index contributed by atoms with van der Waals surface area (Å²) in [5, 5.41) is 15.6. The van der Waals surface area contributed by atoms with Gasteiger partial charge in [0, 0.05) is 37.3 Å². The number of aliphatic hydroxyl groups excluding tert-OH is 1. The van der Waals surface area contributed by atoms with Gasteiger partial charge in [-0.25, -0.2) is 28.1 Å². The third-order valence-electron chi connectivity index (χ3n) is 6.32. The van der Waals surface area contributed by atoms with Gasteiger partial charge in [0.15, 0.2) is 0 Å². The highest BCUT2D eigenvalue weighted by atomic mass is 19.3. The van der Waals surface area contributed by atoms with Crippen molar-refractivity contribution in [3.8, 4) is 0 Å². The third kappa shape index (κ3) is 5.08. The van der Waals surface area contributed by atoms with Gasteiger partial charge in [0.2, 0.25) is 11.8 Å². The highest BCUT2D eigenvalue weighted by Crippen LogP contribution is 2.31. The fourth-order valence-electron chi connectivity index (χ4n) is 4.46. The molecule has 188 valence electrons. The van der Waals surface area contributed by atoms with Crippen LogP contribution >= 0.6 is 0 Å². The molecule has 0 spiro atoms. The highest BCUT2D eigenvalue weighted by Gasteiger charge is 2.34. The smallest absolute Gasteiger partial charge is 0.266 e. The maximum Gasteiger partial charge on any atom is 0.266 e. The first-order valence-electron chi connectivity index (χ1n) is 11.3. The first kappa shape index (κ1) is 24.9. The Morgan fingerprint density at radius 2 is 1.86 bits per heavy atom. The predicted molar refractivity (Wildman–Crippen MR) is 120 cm³/mol. The normalized spacial score (nSPS) is 17.5. The summed E-state index contributed by atoms with van der Waals surface area (Å²) in [6, 6.07) is 3.22. The molecule has 1 fully saturated rings. The van der Waals surface area contributed by atoms with Gasteiger partial charge in [0.1, 0.15) is 24.1 Å². The molecule has 2 aromatic rings. The van der Waals surface area contributed by atoms with Crippen LogP contribution in [-0.4, -0.2) is 74.6 Å². The second-order valence-corrected chi connectivity index (χ2v) is 8.58. The largest absolute Gasteiger partial charge is 0.387 e. The number of hydrogen-bond donors (Lipinski definition) is 2. The maximum absolute atomic E-state index is 14.7. The average molecular weight is 493 g/mol. The Kier molecular flexibility index (Phi) is 7.22. The number of fused-ring (bicyclic) bond motifs is 1. The minimum atomic E-state index is -2.93. The second-order valence-electron chi connectivity index (χ2n) is 8.58. The van der Waals surface area contributed by atoms with E-state index in [0.717, 1.165) is 6.07 Å². The number of nitrogens with one attached hydrogen (secondary N) is 1. The number of piperazine rings is 1. The molecule has 2 aliphatic heterocycles. The molecule has 12 heteroatoms. The number of hydrogen-bond acceptors (Lipinski definition) is 7. The van der Waals surface area contributed by atoms with Crippen molar-refractivity contribution in [2.75, 3.05) is 38.1 Å². The number of alkyl halides is 2. The van der Waals surface area contributed by atoms with E-state index in [4.69, 9.17) is 5.11 Å². The molecule has 1 aromatic carbocycles. The second kappa shape index (κ2) is 10.2. The zero-order valence-corrected chi connectivity index (χ0v) is 19.5. The number of aromatic nitrogens is 2. The van der Waals surface area contributed by atoms with E-state index >= 15 is 0 Å². The van der Waals surface area contributed by atoms with Gasteiger partial charge in [-0.2, -0.15) is 0 Å². The van der Waals surface area contributed by atoms with Gasteiger partial charge in [-0.1, -0.05) is 18.2 Å². The molecule has 9 nitrogen and oxygen atoms in total. The molecule has 2 amide bonds. The van der Waals surface area contributed by atoms with Crippen molar-refractivity contribution < 1.29 is 27.9 Å². The van der Waals surface area contributed by atoms with Crippen LogP contribution in [0.25, 0.3) is 0 Å². The summed E-state index contributed by atoms with van der Waals surface area (Å²) in [6.45, 7) is 4.56. The number of carbonyl (C=O) groups is 2. The standard InChI is InChI=1S/C23H27F3N6O3/c1-13(15-4-3-5-16(21(15)24)22(25)26)27-23-17-11-32(19(34)10-18(17)28-14(2)29-23)31-8-6-30(7-9-31)20(35)12-33/h3-5,13,22,33H,6-12H2,1-2H3,(H,27,28,29)/t13-/m1/s1. The molecule has 0 saturated carbocycles. The number of amides is 2. The topological polar surface area (TPSA) is 102 Å². The van der Waals surface area contributed by atoms with Crippen LogP contribution in [-0.2, 0) is 22.6 Å². The van der Waals surface area contributed by atoms with E-state index in [0.29, 0.717) is 49.1 Å². The van der Waals surface area contributed by atoms with Crippen molar-refractivity contribution >= 4 is 17.6 Å². The van der Waals surface area contributed by atoms with E-state index in [2.05, 4.69) is 15.3 Å². The number of hydrazine groups is 1. The summed E-state index contributed by atoms with van der Waals surface area (Å²) in [5.41, 5.74) is 0.652. The van der Waals surface area contributed by atoms with Crippen LogP contribution in [0.4, 0.5) is 19.0 Å². The average Bonchev–Trinajstić information content (AvgIpc) is 2.83. The van der Waals surface area contributed by atoms with Gasteiger partial charge in [-0.05, 0) is 13.8 Å². The van der Waals surface area contributed by atoms with Crippen LogP contribution in [0.2, 0.25) is 0 Å². The van der Waals surface area contributed by atoms with Gasteiger partial charge in [-0.15, -0.1) is 0 Å². The molecule has 3 heterocycles. The van der Waals surface area contributed by atoms with Gasteiger partial charge in [-0.3, -0.25) is 14.6 Å². The van der Waals surface area contributed by atoms with Crippen molar-refractivity contribution in [3.63, 3.8) is 0 Å². The van der Waals surface area contributed by atoms with E-state index in [1.807, 2.05) is 5.01 Å². The minimum Gasteiger partial charge on any atom is -0.387 e. The number of benzene rings is 1. The Balaban J connectivity index is 1.56. The summed E-state index contributed by atoms with van der Waals surface area (Å²) in [7, 11) is 0. The molecule has 2 aliphatic rings. The molecule has 0 unspecified atom stereocenters. The van der Waals surface area contributed by atoms with Crippen LogP contribution in [0.3, 0.4) is 0 Å². The van der Waals surface area contributed by atoms with Crippen molar-refractivity contribution in [3.05, 3.63) is 52.2 Å². The lowest BCUT2D eigenvalue weighted by molar-refractivity contribution is -0.157. The van der Waals surface area contributed by atoms with Crippen LogP contribution in [0.5, 0.6) is 0 Å². The molecule has 0 radical (unpaired) electrons. The quantitative estimate of drug-likeness (QED) is 0.636. The van der Waals surface area contributed by atoms with Crippen LogP contribution in [0, 0.1) is 12.7 Å². The van der Waals surface area contributed by atoms with E-state index < -0.39 is 30.5 Å². The minimum absolute atomic E-state index is 0.0484. The van der Waals surface area contributed by atoms with E-state index in [9.17, 15) is 22.8 Å². The molecule has 1 aromatic heterocycles. The van der Waals surface area contributed by atoms with Gasteiger partial charge in [0.25, 0.3) is 6.43 Å². The summed E-state index contributed by atoms with van der Waals surface area (Å²) in [4.78, 5) is 35.1. The Morgan fingerprint density at radius 3 is 2.51 bits per heavy atom. The first-order valence-corrected chi connectivity index (χ1v) is 11.3. The Morgan fingerprint density at radius 1 is 1.17 bits per heavy atom. The SMILES string of the molecule is Cc1nc2c(c(N[C@H](C)c3cccc(C(F)F)c3F)n1)CN(N1CCN(C(=O)CO)CC1)C(=O)C2. The molecule has 1 saturated heterocycles. The van der Waals surface area contributed by atoms with Crippen LogP contribution in [0.1, 0.15) is 47.6 Å². The number of nitrogens with zero attached hydrogens (tertiary/aromatic N) is 5. The number of rotatable bonds is 6. The zero-order chi connectivity index (χ0) is 25.3. The van der Waals surface area contributed by atoms with Crippen molar-refractivity contribution in [2.45, 2.75) is 39.3 Å². The first-order chi connectivity index (χ1) is 16.7. The molecule has 0 bridgehead atoms. The third-order valence-corrected chi connectivity index (χ3v) is 6.32. The molecular weight excluding hydrogens is 465 g/mol. The molecule has 4 rings (SSSR count). The lowest BCUT2D eigenvalue weighted by Gasteiger charge is -2.42. The number of aryl methyl sites for hydroxylation is 1. The fourth-order valence-corrected chi connectivity index (χ4v) is 4.46. The van der Waals surface area contributed by atoms with Crippen molar-refractivity contribution in [1.82, 2.24) is 24.9 Å². The number of carbonyl (C=O) groups excluding carboxylic acids is 2. The monoisotopic (exact) mass is 492 g/mol. The summed E-state index contributed by atoms with van der Waals surface area (Å²) in [5.74, 6) is -0.625. The van der Waals surface area contributed by atoms with Gasteiger partial charge >= 0.3 is 0 Å². The van der Waals surface area contributed by atoms with Gasteiger partial charge in [0.05, 0.1) is 30.3 Å². The van der Waals surface area contributed by atoms with E-state index in [-0.39, 0.29) is 30.3 Å². The molecule has 2 N–H and O–H groups in total. The van der Waals surface area contributed by atoms with Crippen LogP contribution < -0.4 is 5.32 Å². The summed E-state index contributed by atoms with van der Waals surface area (Å²) < 4.78 is 41.0. The number of anilines is 1. The zero-order valence-electron chi connectivity index (χ0n) is 19.5. The highest BCUT2D eigenvalue weighted by molar-refractivity contribution is 5.81. The molecule has 35 heavy (non-hydrogen) atoms. The summed E-state index contributed by atoms with van der Waals surface area (Å²) in [6.07, 6.45) is -2.88. The predicted octanol–water partition coefficient (Wildman–Crippen LogP) is 1.97. The van der Waals surface area contributed by atoms with E-state index in [1.165, 1.54) is 12.1 Å². The number of aliphatic hydroxyl groups is 1. The fraction of sp³-hybridized carbons (Fsp3) is 0.478. The molecule has 1 atom stereocenters. The molecular formula is C23H27F3N6O3.